The zero-order valence-corrected chi connectivity index (χ0v) is 12.8. The maximum atomic E-state index is 10.4. The fraction of sp³-hybridized carbons (Fsp3) is 0.667. The predicted octanol–water partition coefficient (Wildman–Crippen LogP) is 3.23. The van der Waals surface area contributed by atoms with Crippen LogP contribution in [0.4, 0.5) is 0 Å². The summed E-state index contributed by atoms with van der Waals surface area (Å²) >= 11 is 0. The monoisotopic (exact) mass is 283 g/mol. The molecule has 1 aromatic rings. The van der Waals surface area contributed by atoms with E-state index in [1.807, 2.05) is 12.1 Å². The predicted molar refractivity (Wildman–Crippen MR) is 84.5 cm³/mol. The van der Waals surface area contributed by atoms with Gasteiger partial charge < -0.3 is 10.2 Å². The van der Waals surface area contributed by atoms with Crippen molar-refractivity contribution in [2.45, 2.75) is 57.5 Å². The van der Waals surface area contributed by atoms with E-state index in [9.17, 15) is 10.2 Å². The molecule has 5 atom stereocenters. The van der Waals surface area contributed by atoms with Gasteiger partial charge in [-0.2, -0.15) is 0 Å². The molecule has 3 aliphatic rings. The van der Waals surface area contributed by atoms with E-state index in [-0.39, 0.29) is 19.9 Å². The first-order valence-corrected chi connectivity index (χ1v) is 8.09. The number of fused-ring (bicyclic) bond motifs is 5. The lowest BCUT2D eigenvalue weighted by Crippen LogP contribution is -2.43. The van der Waals surface area contributed by atoms with Crippen LogP contribution in [0.3, 0.4) is 0 Å². The lowest BCUT2D eigenvalue weighted by molar-refractivity contribution is -0.0226. The molecule has 0 spiro atoms. The van der Waals surface area contributed by atoms with Crippen molar-refractivity contribution in [2.75, 3.05) is 0 Å². The maximum Gasteiger partial charge on any atom is 0.115 e. The number of aryl methyl sites for hydroxylation is 1. The highest BCUT2D eigenvalue weighted by Crippen LogP contribution is 2.60. The molecular formula is C18H24BO2. The average Bonchev–Trinajstić information content (AvgIpc) is 2.74. The molecule has 3 heteroatoms. The minimum absolute atomic E-state index is 0. The normalized spacial score (nSPS) is 40.7. The summed E-state index contributed by atoms with van der Waals surface area (Å²) in [5, 5.41) is 20.0. The Balaban J connectivity index is 0.00000132. The smallest absolute Gasteiger partial charge is 0.115 e. The SMILES string of the molecule is C[C@]12CC[C@@H]3c4ccc(O)cc4CC[C@H]3[C@@H]1CCC2O.[B]. The van der Waals surface area contributed by atoms with Crippen molar-refractivity contribution in [1.82, 2.24) is 0 Å². The Morgan fingerprint density at radius 3 is 2.76 bits per heavy atom. The minimum atomic E-state index is -0.0883. The van der Waals surface area contributed by atoms with Gasteiger partial charge in [-0.1, -0.05) is 13.0 Å². The molecule has 0 amide bonds. The number of hydrogen-bond donors (Lipinski definition) is 2. The number of rotatable bonds is 0. The largest absolute Gasteiger partial charge is 0.508 e. The summed E-state index contributed by atoms with van der Waals surface area (Å²) in [6.07, 6.45) is 6.78. The first kappa shape index (κ1) is 15.0. The van der Waals surface area contributed by atoms with E-state index >= 15 is 0 Å². The van der Waals surface area contributed by atoms with Crippen LogP contribution in [0.5, 0.6) is 5.75 Å². The van der Waals surface area contributed by atoms with Gasteiger partial charge in [-0.05, 0) is 85.0 Å². The highest BCUT2D eigenvalue weighted by atomic mass is 16.3. The number of aliphatic hydroxyl groups is 1. The summed E-state index contributed by atoms with van der Waals surface area (Å²) in [7, 11) is 0. The topological polar surface area (TPSA) is 40.5 Å². The first-order chi connectivity index (χ1) is 9.59. The molecule has 111 valence electrons. The molecule has 2 saturated carbocycles. The Morgan fingerprint density at radius 1 is 1.14 bits per heavy atom. The number of hydrogen-bond acceptors (Lipinski definition) is 2. The van der Waals surface area contributed by atoms with E-state index in [4.69, 9.17) is 0 Å². The van der Waals surface area contributed by atoms with Crippen LogP contribution in [-0.4, -0.2) is 24.7 Å². The van der Waals surface area contributed by atoms with Gasteiger partial charge in [0.25, 0.3) is 0 Å². The molecule has 1 unspecified atom stereocenters. The summed E-state index contributed by atoms with van der Waals surface area (Å²) in [6, 6.07) is 5.96. The number of benzene rings is 1. The molecule has 4 rings (SSSR count). The lowest BCUT2D eigenvalue weighted by atomic mass is 9.55. The zero-order valence-electron chi connectivity index (χ0n) is 12.8. The second-order valence-electron chi connectivity index (χ2n) is 7.44. The van der Waals surface area contributed by atoms with Crippen LogP contribution in [0, 0.1) is 17.3 Å². The van der Waals surface area contributed by atoms with Gasteiger partial charge in [0, 0.05) is 8.41 Å². The maximum absolute atomic E-state index is 10.4. The van der Waals surface area contributed by atoms with Gasteiger partial charge in [-0.25, -0.2) is 0 Å². The Labute approximate surface area is 129 Å². The molecule has 1 aromatic carbocycles. The third-order valence-corrected chi connectivity index (χ3v) is 6.66. The molecule has 0 saturated heterocycles. The zero-order chi connectivity index (χ0) is 13.9. The van der Waals surface area contributed by atoms with Crippen molar-refractivity contribution in [2.24, 2.45) is 17.3 Å². The van der Waals surface area contributed by atoms with Gasteiger partial charge in [0.2, 0.25) is 0 Å². The Morgan fingerprint density at radius 2 is 1.95 bits per heavy atom. The Hall–Kier alpha value is -0.955. The van der Waals surface area contributed by atoms with E-state index < -0.39 is 0 Å². The molecular weight excluding hydrogens is 259 g/mol. The lowest BCUT2D eigenvalue weighted by Gasteiger charge is -2.50. The summed E-state index contributed by atoms with van der Waals surface area (Å²) in [6.45, 7) is 2.32. The first-order valence-electron chi connectivity index (χ1n) is 8.09. The molecule has 2 N–H and O–H groups in total. The van der Waals surface area contributed by atoms with Crippen LogP contribution >= 0.6 is 0 Å². The van der Waals surface area contributed by atoms with Gasteiger partial charge in [0.1, 0.15) is 5.75 Å². The van der Waals surface area contributed by atoms with Crippen LogP contribution in [0.1, 0.15) is 56.1 Å². The van der Waals surface area contributed by atoms with E-state index in [1.165, 1.54) is 30.4 Å². The Bertz CT molecular complexity index is 544. The van der Waals surface area contributed by atoms with E-state index in [0.29, 0.717) is 17.6 Å². The fourth-order valence-corrected chi connectivity index (χ4v) is 5.54. The highest BCUT2D eigenvalue weighted by molar-refractivity contribution is 5.75. The van der Waals surface area contributed by atoms with Gasteiger partial charge in [-0.15, -0.1) is 0 Å². The minimum Gasteiger partial charge on any atom is -0.508 e. The van der Waals surface area contributed by atoms with Crippen LogP contribution in [0.2, 0.25) is 0 Å². The van der Waals surface area contributed by atoms with Crippen molar-refractivity contribution < 1.29 is 10.2 Å². The molecule has 0 heterocycles. The van der Waals surface area contributed by atoms with Crippen molar-refractivity contribution in [1.29, 1.82) is 0 Å². The van der Waals surface area contributed by atoms with Gasteiger partial charge >= 0.3 is 0 Å². The standard InChI is InChI=1S/C18H24O2.B/c1-18-9-8-14-13-5-3-12(19)10-11(13)2-4-15(14)16(18)6-7-17(18)20;/h3,5,10,14-17,19-20H,2,4,6-9H2,1H3;/t14-,15-,16+,17?,18+;/m1./s1. The van der Waals surface area contributed by atoms with Crippen LogP contribution in [0.15, 0.2) is 18.2 Å². The van der Waals surface area contributed by atoms with Crippen molar-refractivity contribution in [3.63, 3.8) is 0 Å². The fourth-order valence-electron chi connectivity index (χ4n) is 5.54. The molecule has 0 aromatic heterocycles. The van der Waals surface area contributed by atoms with Crippen molar-refractivity contribution in [3.05, 3.63) is 29.3 Å². The highest BCUT2D eigenvalue weighted by Gasteiger charge is 2.54. The number of phenols is 1. The molecule has 3 radical (unpaired) electrons. The van der Waals surface area contributed by atoms with Gasteiger partial charge in [0.15, 0.2) is 0 Å². The second kappa shape index (κ2) is 5.05. The van der Waals surface area contributed by atoms with E-state index in [2.05, 4.69) is 13.0 Å². The third kappa shape index (κ3) is 2.04. The van der Waals surface area contributed by atoms with E-state index in [0.717, 1.165) is 25.2 Å². The molecule has 3 aliphatic carbocycles. The van der Waals surface area contributed by atoms with Crippen LogP contribution in [0.25, 0.3) is 0 Å². The number of aromatic hydroxyl groups is 1. The van der Waals surface area contributed by atoms with Crippen molar-refractivity contribution in [3.8, 4) is 5.75 Å². The Kier molecular flexibility index (Phi) is 3.60. The summed E-state index contributed by atoms with van der Waals surface area (Å²) in [5.41, 5.74) is 2.99. The van der Waals surface area contributed by atoms with Crippen LogP contribution in [-0.2, 0) is 6.42 Å². The molecule has 0 aliphatic heterocycles. The molecule has 21 heavy (non-hydrogen) atoms. The summed E-state index contributed by atoms with van der Waals surface area (Å²) < 4.78 is 0. The summed E-state index contributed by atoms with van der Waals surface area (Å²) in [4.78, 5) is 0. The third-order valence-electron chi connectivity index (χ3n) is 6.66. The van der Waals surface area contributed by atoms with Gasteiger partial charge in [-0.3, -0.25) is 0 Å². The molecule has 0 bridgehead atoms. The molecule has 2 fully saturated rings. The van der Waals surface area contributed by atoms with Gasteiger partial charge in [0.05, 0.1) is 6.10 Å². The van der Waals surface area contributed by atoms with Crippen molar-refractivity contribution >= 4 is 8.41 Å². The summed E-state index contributed by atoms with van der Waals surface area (Å²) in [5.74, 6) is 2.49. The number of aliphatic hydroxyl groups excluding tert-OH is 1. The second-order valence-corrected chi connectivity index (χ2v) is 7.44. The van der Waals surface area contributed by atoms with E-state index in [1.54, 1.807) is 0 Å². The quantitative estimate of drug-likeness (QED) is 0.718. The average molecular weight is 283 g/mol. The number of phenolic OH excluding ortho intramolecular Hbond substituents is 1. The van der Waals surface area contributed by atoms with Crippen LogP contribution < -0.4 is 0 Å². The molecule has 2 nitrogen and oxygen atoms in total.